The predicted molar refractivity (Wildman–Crippen MR) is 78.6 cm³/mol. The van der Waals surface area contributed by atoms with Crippen LogP contribution in [0.25, 0.3) is 0 Å². The summed E-state index contributed by atoms with van der Waals surface area (Å²) >= 11 is 0. The second-order valence-corrected chi connectivity index (χ2v) is 4.56. The standard InChI is InChI=1S/C15H16N2O4/c1-3-10-5-7-13(21-10)14(18)17(2)12-6-4-9(15(19)20)8-11(12)16/h4-8H,3,16H2,1-2H3,(H,19,20). The Morgan fingerprint density at radius 3 is 2.52 bits per heavy atom. The number of rotatable bonds is 4. The molecule has 0 radical (unpaired) electrons. The Labute approximate surface area is 121 Å². The van der Waals surface area contributed by atoms with Crippen LogP contribution in [0.15, 0.2) is 34.7 Å². The number of carboxylic acids is 1. The maximum Gasteiger partial charge on any atom is 0.335 e. The highest BCUT2D eigenvalue weighted by molar-refractivity contribution is 6.06. The van der Waals surface area contributed by atoms with Crippen LogP contribution in [-0.2, 0) is 6.42 Å². The van der Waals surface area contributed by atoms with Gasteiger partial charge in [-0.25, -0.2) is 4.79 Å². The summed E-state index contributed by atoms with van der Waals surface area (Å²) in [6.07, 6.45) is 0.701. The lowest BCUT2D eigenvalue weighted by Gasteiger charge is -2.18. The highest BCUT2D eigenvalue weighted by Crippen LogP contribution is 2.25. The molecule has 0 aliphatic rings. The number of nitrogen functional groups attached to an aromatic ring is 1. The summed E-state index contributed by atoms with van der Waals surface area (Å²) in [7, 11) is 1.56. The van der Waals surface area contributed by atoms with Crippen LogP contribution < -0.4 is 10.6 Å². The van der Waals surface area contributed by atoms with E-state index in [0.717, 1.165) is 5.76 Å². The molecule has 0 aliphatic carbocycles. The predicted octanol–water partition coefficient (Wildman–Crippen LogP) is 2.40. The Morgan fingerprint density at radius 2 is 2.00 bits per heavy atom. The highest BCUT2D eigenvalue weighted by atomic mass is 16.4. The first-order valence-corrected chi connectivity index (χ1v) is 6.43. The molecule has 0 saturated heterocycles. The Kier molecular flexibility index (Phi) is 3.98. The van der Waals surface area contributed by atoms with E-state index in [1.807, 2.05) is 6.92 Å². The molecule has 1 heterocycles. The Balaban J connectivity index is 2.28. The maximum absolute atomic E-state index is 12.3. The van der Waals surface area contributed by atoms with Gasteiger partial charge in [0.25, 0.3) is 5.91 Å². The number of hydrogen-bond acceptors (Lipinski definition) is 4. The second-order valence-electron chi connectivity index (χ2n) is 4.56. The SMILES string of the molecule is CCc1ccc(C(=O)N(C)c2ccc(C(=O)O)cc2N)o1. The lowest BCUT2D eigenvalue weighted by atomic mass is 10.1. The van der Waals surface area contributed by atoms with Crippen molar-refractivity contribution in [3.63, 3.8) is 0 Å². The van der Waals surface area contributed by atoms with Crippen molar-refractivity contribution in [3.8, 4) is 0 Å². The molecule has 1 aromatic heterocycles. The van der Waals surface area contributed by atoms with E-state index >= 15 is 0 Å². The largest absolute Gasteiger partial charge is 0.478 e. The van der Waals surface area contributed by atoms with Gasteiger partial charge < -0.3 is 20.2 Å². The van der Waals surface area contributed by atoms with Crippen LogP contribution in [0.1, 0.15) is 33.6 Å². The number of anilines is 2. The zero-order valence-corrected chi connectivity index (χ0v) is 11.8. The van der Waals surface area contributed by atoms with Crippen LogP contribution in [-0.4, -0.2) is 24.0 Å². The summed E-state index contributed by atoms with van der Waals surface area (Å²) in [5.74, 6) is -0.470. The van der Waals surface area contributed by atoms with E-state index in [9.17, 15) is 9.59 Å². The van der Waals surface area contributed by atoms with E-state index in [-0.39, 0.29) is 22.9 Å². The first kappa shape index (κ1) is 14.6. The number of aromatic carboxylic acids is 1. The van der Waals surface area contributed by atoms with Crippen molar-refractivity contribution in [2.45, 2.75) is 13.3 Å². The number of carboxylic acid groups (broad SMARTS) is 1. The minimum Gasteiger partial charge on any atom is -0.478 e. The molecule has 0 aliphatic heterocycles. The molecule has 6 heteroatoms. The molecule has 0 unspecified atom stereocenters. The average Bonchev–Trinajstić information content (AvgIpc) is 2.94. The van der Waals surface area contributed by atoms with Gasteiger partial charge in [-0.05, 0) is 30.3 Å². The molecule has 21 heavy (non-hydrogen) atoms. The first-order valence-electron chi connectivity index (χ1n) is 6.43. The molecule has 0 saturated carbocycles. The molecular formula is C15H16N2O4. The van der Waals surface area contributed by atoms with Crippen LogP contribution in [0.2, 0.25) is 0 Å². The maximum atomic E-state index is 12.3. The van der Waals surface area contributed by atoms with E-state index in [1.165, 1.54) is 23.1 Å². The third-order valence-electron chi connectivity index (χ3n) is 3.16. The van der Waals surface area contributed by atoms with Gasteiger partial charge in [0, 0.05) is 13.5 Å². The molecule has 0 atom stereocenters. The number of benzene rings is 1. The van der Waals surface area contributed by atoms with Gasteiger partial charge in [-0.1, -0.05) is 6.92 Å². The lowest BCUT2D eigenvalue weighted by molar-refractivity contribution is 0.0697. The summed E-state index contributed by atoms with van der Waals surface area (Å²) in [6.45, 7) is 1.93. The Morgan fingerprint density at radius 1 is 1.29 bits per heavy atom. The van der Waals surface area contributed by atoms with Gasteiger partial charge in [0.05, 0.1) is 16.9 Å². The Bertz CT molecular complexity index is 691. The van der Waals surface area contributed by atoms with E-state index in [4.69, 9.17) is 15.3 Å². The molecule has 0 fully saturated rings. The third-order valence-corrected chi connectivity index (χ3v) is 3.16. The van der Waals surface area contributed by atoms with E-state index in [2.05, 4.69) is 0 Å². The van der Waals surface area contributed by atoms with Crippen molar-refractivity contribution in [1.82, 2.24) is 0 Å². The number of amides is 1. The molecule has 3 N–H and O–H groups in total. The smallest absolute Gasteiger partial charge is 0.335 e. The van der Waals surface area contributed by atoms with Crippen LogP contribution in [0.4, 0.5) is 11.4 Å². The monoisotopic (exact) mass is 288 g/mol. The highest BCUT2D eigenvalue weighted by Gasteiger charge is 2.19. The van der Waals surface area contributed by atoms with Crippen LogP contribution in [0.3, 0.4) is 0 Å². The van der Waals surface area contributed by atoms with Crippen molar-refractivity contribution in [2.24, 2.45) is 0 Å². The molecular weight excluding hydrogens is 272 g/mol. The zero-order chi connectivity index (χ0) is 15.6. The summed E-state index contributed by atoms with van der Waals surface area (Å²) in [4.78, 5) is 24.5. The number of carbonyl (C=O) groups is 2. The van der Waals surface area contributed by atoms with Crippen molar-refractivity contribution >= 4 is 23.3 Å². The van der Waals surface area contributed by atoms with Crippen molar-refractivity contribution in [3.05, 3.63) is 47.4 Å². The average molecular weight is 288 g/mol. The minimum absolute atomic E-state index is 0.0726. The van der Waals surface area contributed by atoms with Crippen molar-refractivity contribution in [2.75, 3.05) is 17.7 Å². The first-order chi connectivity index (χ1) is 9.93. The van der Waals surface area contributed by atoms with E-state index < -0.39 is 5.97 Å². The fourth-order valence-corrected chi connectivity index (χ4v) is 1.95. The van der Waals surface area contributed by atoms with Gasteiger partial charge in [-0.3, -0.25) is 4.79 Å². The molecule has 0 spiro atoms. The van der Waals surface area contributed by atoms with Crippen LogP contribution in [0.5, 0.6) is 0 Å². The molecule has 110 valence electrons. The quantitative estimate of drug-likeness (QED) is 0.842. The Hall–Kier alpha value is -2.76. The normalized spacial score (nSPS) is 10.4. The minimum atomic E-state index is -1.07. The van der Waals surface area contributed by atoms with E-state index in [0.29, 0.717) is 12.1 Å². The number of carbonyl (C=O) groups excluding carboxylic acids is 1. The fraction of sp³-hybridized carbons (Fsp3) is 0.200. The van der Waals surface area contributed by atoms with Crippen LogP contribution >= 0.6 is 0 Å². The molecule has 2 aromatic rings. The van der Waals surface area contributed by atoms with Gasteiger partial charge in [-0.15, -0.1) is 0 Å². The van der Waals surface area contributed by atoms with Crippen molar-refractivity contribution in [1.29, 1.82) is 0 Å². The van der Waals surface area contributed by atoms with E-state index in [1.54, 1.807) is 19.2 Å². The van der Waals surface area contributed by atoms with Gasteiger partial charge >= 0.3 is 5.97 Å². The van der Waals surface area contributed by atoms with Crippen molar-refractivity contribution < 1.29 is 19.1 Å². The number of hydrogen-bond donors (Lipinski definition) is 2. The number of furan rings is 1. The second kappa shape index (κ2) is 5.70. The van der Waals surface area contributed by atoms with Gasteiger partial charge in [0.15, 0.2) is 5.76 Å². The molecule has 0 bridgehead atoms. The summed E-state index contributed by atoms with van der Waals surface area (Å²) in [5.41, 5.74) is 6.54. The fourth-order valence-electron chi connectivity index (χ4n) is 1.95. The lowest BCUT2D eigenvalue weighted by Crippen LogP contribution is -2.26. The third kappa shape index (κ3) is 2.89. The van der Waals surface area contributed by atoms with Crippen LogP contribution in [0, 0.1) is 0 Å². The summed E-state index contributed by atoms with van der Waals surface area (Å²) in [6, 6.07) is 7.58. The molecule has 1 aromatic carbocycles. The number of nitrogens with zero attached hydrogens (tertiary/aromatic N) is 1. The number of aryl methyl sites for hydroxylation is 1. The summed E-state index contributed by atoms with van der Waals surface area (Å²) < 4.78 is 5.41. The van der Waals surface area contributed by atoms with Gasteiger partial charge in [-0.2, -0.15) is 0 Å². The molecule has 2 rings (SSSR count). The topological polar surface area (TPSA) is 96.8 Å². The molecule has 1 amide bonds. The number of nitrogens with two attached hydrogens (primary N) is 1. The zero-order valence-electron chi connectivity index (χ0n) is 11.8. The summed E-state index contributed by atoms with van der Waals surface area (Å²) in [5, 5.41) is 8.90. The van der Waals surface area contributed by atoms with Gasteiger partial charge in [0.2, 0.25) is 0 Å². The molecule has 6 nitrogen and oxygen atoms in total. The van der Waals surface area contributed by atoms with Gasteiger partial charge in [0.1, 0.15) is 5.76 Å².